The summed E-state index contributed by atoms with van der Waals surface area (Å²) in [6, 6.07) is 8.15. The maximum absolute atomic E-state index is 5.35. The van der Waals surface area contributed by atoms with Crippen molar-refractivity contribution < 1.29 is 14.0 Å². The van der Waals surface area contributed by atoms with Crippen molar-refractivity contribution >= 4 is 11.8 Å². The first kappa shape index (κ1) is 13.4. The molecule has 1 aliphatic carbocycles. The lowest BCUT2D eigenvalue weighted by Crippen LogP contribution is -1.92. The van der Waals surface area contributed by atoms with E-state index in [2.05, 4.69) is 17.3 Å². The van der Waals surface area contributed by atoms with Gasteiger partial charge < -0.3 is 14.0 Å². The van der Waals surface area contributed by atoms with Crippen molar-refractivity contribution in [1.82, 2.24) is 5.16 Å². The summed E-state index contributed by atoms with van der Waals surface area (Å²) >= 11 is 1.58. The Labute approximate surface area is 122 Å². The van der Waals surface area contributed by atoms with Crippen LogP contribution in [0.1, 0.15) is 29.5 Å². The van der Waals surface area contributed by atoms with Crippen molar-refractivity contribution in [3.05, 3.63) is 35.5 Å². The summed E-state index contributed by atoms with van der Waals surface area (Å²) in [5.74, 6) is 2.49. The van der Waals surface area contributed by atoms with E-state index in [1.165, 1.54) is 5.56 Å². The highest BCUT2D eigenvalue weighted by Gasteiger charge is 2.42. The molecule has 2 aromatic rings. The summed E-state index contributed by atoms with van der Waals surface area (Å²) in [7, 11) is 3.31. The normalized spacial score (nSPS) is 20.8. The number of benzene rings is 1. The van der Waals surface area contributed by atoms with Crippen LogP contribution in [0.4, 0.5) is 0 Å². The standard InChI is InChI=1S/C15H17NO3S/c1-17-13-5-4-9(6-14(13)18-2)10-7-11(10)12-8-15(20-3)19-16-12/h4-6,8,10-11H,7H2,1-3H3. The molecular weight excluding hydrogens is 274 g/mol. The van der Waals surface area contributed by atoms with E-state index in [9.17, 15) is 0 Å². The molecule has 2 unspecified atom stereocenters. The Morgan fingerprint density at radius 3 is 2.60 bits per heavy atom. The third-order valence-electron chi connectivity index (χ3n) is 3.71. The van der Waals surface area contributed by atoms with Gasteiger partial charge in [-0.2, -0.15) is 0 Å². The first-order valence-electron chi connectivity index (χ1n) is 6.49. The molecule has 0 spiro atoms. The van der Waals surface area contributed by atoms with Gasteiger partial charge in [-0.3, -0.25) is 0 Å². The molecule has 0 saturated heterocycles. The molecule has 3 rings (SSSR count). The van der Waals surface area contributed by atoms with E-state index < -0.39 is 0 Å². The van der Waals surface area contributed by atoms with Gasteiger partial charge in [0.15, 0.2) is 16.6 Å². The van der Waals surface area contributed by atoms with Crippen LogP contribution in [0.2, 0.25) is 0 Å². The molecule has 106 valence electrons. The highest BCUT2D eigenvalue weighted by molar-refractivity contribution is 7.98. The van der Waals surface area contributed by atoms with E-state index in [-0.39, 0.29) is 0 Å². The van der Waals surface area contributed by atoms with Gasteiger partial charge in [-0.15, -0.1) is 0 Å². The van der Waals surface area contributed by atoms with Crippen LogP contribution in [0.5, 0.6) is 11.5 Å². The highest BCUT2D eigenvalue weighted by Crippen LogP contribution is 2.55. The van der Waals surface area contributed by atoms with E-state index in [1.807, 2.05) is 18.4 Å². The van der Waals surface area contributed by atoms with E-state index in [0.29, 0.717) is 11.8 Å². The number of aromatic nitrogens is 1. The van der Waals surface area contributed by atoms with Crippen LogP contribution in [0.25, 0.3) is 0 Å². The number of hydrogen-bond acceptors (Lipinski definition) is 5. The average molecular weight is 291 g/mol. The van der Waals surface area contributed by atoms with E-state index in [4.69, 9.17) is 14.0 Å². The summed E-state index contributed by atoms with van der Waals surface area (Å²) in [4.78, 5) is 0. The lowest BCUT2D eigenvalue weighted by molar-refractivity contribution is 0.345. The van der Waals surface area contributed by atoms with Gasteiger partial charge >= 0.3 is 0 Å². The third-order valence-corrected chi connectivity index (χ3v) is 4.31. The third kappa shape index (κ3) is 2.38. The van der Waals surface area contributed by atoms with Crippen molar-refractivity contribution in [2.45, 2.75) is 23.3 Å². The fourth-order valence-corrected chi connectivity index (χ4v) is 2.87. The molecule has 1 aromatic carbocycles. The smallest absolute Gasteiger partial charge is 0.193 e. The van der Waals surface area contributed by atoms with Crippen LogP contribution in [0.3, 0.4) is 0 Å². The zero-order chi connectivity index (χ0) is 14.1. The number of methoxy groups -OCH3 is 2. The second-order valence-electron chi connectivity index (χ2n) is 4.84. The molecule has 0 radical (unpaired) electrons. The minimum Gasteiger partial charge on any atom is -0.493 e. The summed E-state index contributed by atoms with van der Waals surface area (Å²) in [6.45, 7) is 0. The molecule has 5 heteroatoms. The Kier molecular flexibility index (Phi) is 3.61. The Hall–Kier alpha value is -1.62. The largest absolute Gasteiger partial charge is 0.493 e. The maximum atomic E-state index is 5.35. The molecule has 1 saturated carbocycles. The van der Waals surface area contributed by atoms with Crippen LogP contribution in [0, 0.1) is 0 Å². The topological polar surface area (TPSA) is 44.5 Å². The van der Waals surface area contributed by atoms with Crippen molar-refractivity contribution in [3.63, 3.8) is 0 Å². The van der Waals surface area contributed by atoms with Gasteiger partial charge in [0.2, 0.25) is 0 Å². The molecule has 0 bridgehead atoms. The zero-order valence-corrected chi connectivity index (χ0v) is 12.6. The fraction of sp³-hybridized carbons (Fsp3) is 0.400. The molecule has 2 atom stereocenters. The Bertz CT molecular complexity index is 611. The summed E-state index contributed by atoms with van der Waals surface area (Å²) in [6.07, 6.45) is 3.10. The molecule has 0 N–H and O–H groups in total. The van der Waals surface area contributed by atoms with Crippen LogP contribution in [-0.2, 0) is 0 Å². The maximum Gasteiger partial charge on any atom is 0.193 e. The minimum absolute atomic E-state index is 0.456. The minimum atomic E-state index is 0.456. The van der Waals surface area contributed by atoms with Crippen molar-refractivity contribution in [2.75, 3.05) is 20.5 Å². The average Bonchev–Trinajstić information content (AvgIpc) is 3.15. The van der Waals surface area contributed by atoms with Crippen molar-refractivity contribution in [1.29, 1.82) is 0 Å². The second kappa shape index (κ2) is 5.40. The predicted octanol–water partition coefficient (Wildman–Crippen LogP) is 3.68. The molecule has 20 heavy (non-hydrogen) atoms. The number of thioether (sulfide) groups is 1. The Balaban J connectivity index is 1.78. The molecule has 0 amide bonds. The van der Waals surface area contributed by atoms with Crippen LogP contribution >= 0.6 is 11.8 Å². The summed E-state index contributed by atoms with van der Waals surface area (Å²) in [5, 5.41) is 5.02. The second-order valence-corrected chi connectivity index (χ2v) is 5.65. The zero-order valence-electron chi connectivity index (χ0n) is 11.8. The van der Waals surface area contributed by atoms with Crippen LogP contribution in [0.15, 0.2) is 33.9 Å². The molecule has 4 nitrogen and oxygen atoms in total. The lowest BCUT2D eigenvalue weighted by atomic mass is 10.1. The van der Waals surface area contributed by atoms with Crippen LogP contribution in [-0.4, -0.2) is 25.6 Å². The predicted molar refractivity (Wildman–Crippen MR) is 77.9 cm³/mol. The van der Waals surface area contributed by atoms with Gasteiger partial charge in [0.1, 0.15) is 0 Å². The Morgan fingerprint density at radius 2 is 1.95 bits per heavy atom. The number of hydrogen-bond donors (Lipinski definition) is 0. The molecule has 1 fully saturated rings. The molecule has 1 aliphatic rings. The lowest BCUT2D eigenvalue weighted by Gasteiger charge is -2.09. The highest BCUT2D eigenvalue weighted by atomic mass is 32.2. The monoisotopic (exact) mass is 291 g/mol. The first-order chi connectivity index (χ1) is 9.76. The SMILES string of the molecule is COc1ccc(C2CC2c2cc(SC)on2)cc1OC. The van der Waals surface area contributed by atoms with Gasteiger partial charge in [0.25, 0.3) is 0 Å². The van der Waals surface area contributed by atoms with E-state index in [1.54, 1.807) is 26.0 Å². The van der Waals surface area contributed by atoms with Gasteiger partial charge in [0.05, 0.1) is 19.9 Å². The number of ether oxygens (including phenoxy) is 2. The van der Waals surface area contributed by atoms with Gasteiger partial charge in [-0.25, -0.2) is 0 Å². The molecular formula is C15H17NO3S. The molecule has 0 aliphatic heterocycles. The first-order valence-corrected chi connectivity index (χ1v) is 7.71. The van der Waals surface area contributed by atoms with Gasteiger partial charge in [0, 0.05) is 12.0 Å². The van der Waals surface area contributed by atoms with Gasteiger partial charge in [-0.1, -0.05) is 23.0 Å². The quantitative estimate of drug-likeness (QED) is 0.786. The van der Waals surface area contributed by atoms with Gasteiger partial charge in [-0.05, 0) is 36.3 Å². The van der Waals surface area contributed by atoms with E-state index in [0.717, 1.165) is 28.7 Å². The Morgan fingerprint density at radius 1 is 1.15 bits per heavy atom. The van der Waals surface area contributed by atoms with Crippen molar-refractivity contribution in [3.8, 4) is 11.5 Å². The molecule has 1 heterocycles. The molecule has 1 aromatic heterocycles. The number of rotatable bonds is 5. The van der Waals surface area contributed by atoms with E-state index >= 15 is 0 Å². The van der Waals surface area contributed by atoms with Crippen LogP contribution < -0.4 is 9.47 Å². The van der Waals surface area contributed by atoms with Crippen molar-refractivity contribution in [2.24, 2.45) is 0 Å². The number of nitrogens with zero attached hydrogens (tertiary/aromatic N) is 1. The fourth-order valence-electron chi connectivity index (χ4n) is 2.52. The summed E-state index contributed by atoms with van der Waals surface area (Å²) < 4.78 is 15.9. The summed E-state index contributed by atoms with van der Waals surface area (Å²) in [5.41, 5.74) is 2.32.